The molecule has 1 heterocycles. The maximum Gasteiger partial charge on any atom is 0.491 e. The molecule has 0 atom stereocenters. The second-order valence-electron chi connectivity index (χ2n) is 4.37. The van der Waals surface area contributed by atoms with E-state index in [2.05, 4.69) is 9.72 Å². The second-order valence-corrected chi connectivity index (χ2v) is 4.37. The molecule has 0 bridgehead atoms. The van der Waals surface area contributed by atoms with E-state index in [9.17, 15) is 45.1 Å². The van der Waals surface area contributed by atoms with Crippen LogP contribution in [0.5, 0.6) is 0 Å². The van der Waals surface area contributed by atoms with Crippen LogP contribution in [0.15, 0.2) is 24.4 Å². The molecule has 26 heavy (non-hydrogen) atoms. The summed E-state index contributed by atoms with van der Waals surface area (Å²) >= 11 is 0. The van der Waals surface area contributed by atoms with E-state index in [0.717, 1.165) is 0 Å². The van der Waals surface area contributed by atoms with Crippen LogP contribution in [0.1, 0.15) is 10.4 Å². The maximum absolute atomic E-state index is 12.8. The molecule has 2 N–H and O–H groups in total. The lowest BCUT2D eigenvalue weighted by atomic mass is 10.2. The van der Waals surface area contributed by atoms with Gasteiger partial charge in [-0.1, -0.05) is 0 Å². The van der Waals surface area contributed by atoms with Gasteiger partial charge in [0.1, 0.15) is 5.82 Å². The molecule has 0 spiro atoms. The highest BCUT2D eigenvalue weighted by Gasteiger charge is 2.49. The van der Waals surface area contributed by atoms with E-state index < -0.39 is 36.1 Å². The molecule has 0 aliphatic heterocycles. The number of carbonyl (C=O) groups is 3. The Bertz CT molecular complexity index is 814. The van der Waals surface area contributed by atoms with Crippen molar-refractivity contribution >= 4 is 28.8 Å². The van der Waals surface area contributed by atoms with Crippen molar-refractivity contribution in [2.75, 3.05) is 0 Å². The summed E-state index contributed by atoms with van der Waals surface area (Å²) in [5, 5.41) is 9.12. The number of rotatable bonds is 1. The van der Waals surface area contributed by atoms with Crippen LogP contribution in [0.3, 0.4) is 0 Å². The predicted molar refractivity (Wildman–Crippen MR) is 68.4 cm³/mol. The number of aromatic carboxylic acids is 1. The van der Waals surface area contributed by atoms with Crippen molar-refractivity contribution in [2.45, 2.75) is 12.4 Å². The van der Waals surface area contributed by atoms with E-state index in [1.165, 1.54) is 24.4 Å². The predicted octanol–water partition coefficient (Wildman–Crippen LogP) is 3.19. The molecule has 0 amide bonds. The van der Waals surface area contributed by atoms with E-state index in [1.54, 1.807) is 0 Å². The molecule has 0 aliphatic carbocycles. The second kappa shape index (κ2) is 7.41. The summed E-state index contributed by atoms with van der Waals surface area (Å²) in [7, 11) is 0. The highest BCUT2D eigenvalue weighted by molar-refractivity contribution is 6.03. The molecule has 0 unspecified atom stereocenters. The summed E-state index contributed by atoms with van der Waals surface area (Å²) in [6, 6.07) is 4.00. The molecule has 13 heteroatoms. The number of carboxylic acids is 1. The van der Waals surface area contributed by atoms with Crippen molar-refractivity contribution in [1.82, 2.24) is 4.98 Å². The van der Waals surface area contributed by atoms with Crippen molar-refractivity contribution in [3.63, 3.8) is 0 Å². The number of nitrogens with one attached hydrogen (secondary N) is 1. The molecule has 2 aromatic rings. The van der Waals surface area contributed by atoms with Gasteiger partial charge < -0.3 is 14.8 Å². The van der Waals surface area contributed by atoms with Crippen molar-refractivity contribution in [2.24, 2.45) is 0 Å². The Morgan fingerprint density at radius 2 is 1.46 bits per heavy atom. The fourth-order valence-electron chi connectivity index (χ4n) is 1.47. The van der Waals surface area contributed by atoms with Crippen LogP contribution >= 0.6 is 0 Å². The number of aromatic nitrogens is 1. The number of hydrogen-bond donors (Lipinski definition) is 2. The van der Waals surface area contributed by atoms with Gasteiger partial charge in [-0.2, -0.15) is 26.3 Å². The van der Waals surface area contributed by atoms with Gasteiger partial charge in [0.05, 0.1) is 5.56 Å². The maximum atomic E-state index is 12.8. The third kappa shape index (κ3) is 5.46. The largest absolute Gasteiger partial charge is 0.491 e. The van der Waals surface area contributed by atoms with E-state index in [1.807, 2.05) is 0 Å². The fraction of sp³-hybridized carbons (Fsp3) is 0.154. The Labute approximate surface area is 138 Å². The van der Waals surface area contributed by atoms with Gasteiger partial charge in [0.25, 0.3) is 0 Å². The highest BCUT2D eigenvalue weighted by Crippen LogP contribution is 2.21. The van der Waals surface area contributed by atoms with Crippen molar-refractivity contribution < 1.29 is 55.0 Å². The third-order valence-electron chi connectivity index (χ3n) is 2.52. The van der Waals surface area contributed by atoms with Crippen LogP contribution in [0.4, 0.5) is 30.7 Å². The lowest BCUT2D eigenvalue weighted by Gasteiger charge is -2.06. The Kier molecular flexibility index (Phi) is 5.96. The number of benzene rings is 1. The highest BCUT2D eigenvalue weighted by atomic mass is 19.4. The Morgan fingerprint density at radius 1 is 0.962 bits per heavy atom. The van der Waals surface area contributed by atoms with Crippen LogP contribution in [0.25, 0.3) is 10.9 Å². The first-order valence-corrected chi connectivity index (χ1v) is 6.13. The molecule has 6 nitrogen and oxygen atoms in total. The van der Waals surface area contributed by atoms with Crippen LogP contribution in [0, 0.1) is 5.82 Å². The Balaban J connectivity index is 0.000000260. The lowest BCUT2D eigenvalue weighted by Crippen LogP contribution is -2.34. The first kappa shape index (κ1) is 20.9. The zero-order chi connectivity index (χ0) is 20.3. The van der Waals surface area contributed by atoms with Crippen LogP contribution in [-0.4, -0.2) is 40.4 Å². The molecule has 0 aliphatic rings. The third-order valence-corrected chi connectivity index (χ3v) is 2.52. The standard InChI is InChI=1S/C9H6FNO2.C4F6O3/c10-5-1-2-8-6(3-5)7(4-11-8)9(12)13;5-3(6,7)1(11)13-2(12)4(8,9)10/h1-4,11H,(H,12,13);. The number of H-pyrrole nitrogens is 1. The molecule has 1 aromatic heterocycles. The van der Waals surface area contributed by atoms with Gasteiger partial charge in [-0.3, -0.25) is 0 Å². The van der Waals surface area contributed by atoms with E-state index in [4.69, 9.17) is 5.11 Å². The van der Waals surface area contributed by atoms with Crippen LogP contribution in [0.2, 0.25) is 0 Å². The fourth-order valence-corrected chi connectivity index (χ4v) is 1.47. The topological polar surface area (TPSA) is 96.5 Å². The Morgan fingerprint density at radius 3 is 1.88 bits per heavy atom. The zero-order valence-corrected chi connectivity index (χ0v) is 12.0. The number of esters is 2. The van der Waals surface area contributed by atoms with Gasteiger partial charge >= 0.3 is 30.3 Å². The average Bonchev–Trinajstić information content (AvgIpc) is 2.88. The van der Waals surface area contributed by atoms with E-state index in [0.29, 0.717) is 10.9 Å². The lowest BCUT2D eigenvalue weighted by molar-refractivity contribution is -0.221. The first-order valence-electron chi connectivity index (χ1n) is 6.13. The minimum atomic E-state index is -5.62. The summed E-state index contributed by atoms with van der Waals surface area (Å²) in [6.07, 6.45) is -9.89. The first-order chi connectivity index (χ1) is 11.7. The monoisotopic (exact) mass is 389 g/mol. The van der Waals surface area contributed by atoms with Gasteiger partial charge in [-0.15, -0.1) is 0 Å². The summed E-state index contributed by atoms with van der Waals surface area (Å²) in [6.45, 7) is 0. The minimum Gasteiger partial charge on any atom is -0.478 e. The molecule has 0 fully saturated rings. The van der Waals surface area contributed by atoms with E-state index >= 15 is 0 Å². The number of aromatic amines is 1. The normalized spacial score (nSPS) is 11.5. The molecular formula is C13H6F7NO5. The van der Waals surface area contributed by atoms with Crippen molar-refractivity contribution in [1.29, 1.82) is 0 Å². The quantitative estimate of drug-likeness (QED) is 0.444. The molecule has 0 radical (unpaired) electrons. The molecule has 142 valence electrons. The number of carboxylic acid groups (broad SMARTS) is 1. The number of halogens is 7. The number of alkyl halides is 6. The van der Waals surface area contributed by atoms with Crippen LogP contribution < -0.4 is 0 Å². The van der Waals surface area contributed by atoms with Gasteiger partial charge in [-0.05, 0) is 18.2 Å². The van der Waals surface area contributed by atoms with E-state index in [-0.39, 0.29) is 5.56 Å². The zero-order valence-electron chi connectivity index (χ0n) is 12.0. The summed E-state index contributed by atoms with van der Waals surface area (Å²) < 4.78 is 82.4. The van der Waals surface area contributed by atoms with Gasteiger partial charge in [0.15, 0.2) is 0 Å². The smallest absolute Gasteiger partial charge is 0.478 e. The SMILES string of the molecule is O=C(O)c1c[nH]c2ccc(F)cc12.O=C(OC(=O)C(F)(F)F)C(F)(F)F. The van der Waals surface area contributed by atoms with Crippen LogP contribution in [-0.2, 0) is 14.3 Å². The number of fused-ring (bicyclic) bond motifs is 1. The average molecular weight is 389 g/mol. The molecule has 1 aromatic carbocycles. The minimum absolute atomic E-state index is 0.0921. The number of carbonyl (C=O) groups excluding carboxylic acids is 2. The van der Waals surface area contributed by atoms with Gasteiger partial charge in [-0.25, -0.2) is 18.8 Å². The Hall–Kier alpha value is -3.12. The van der Waals surface area contributed by atoms with Gasteiger partial charge in [0.2, 0.25) is 0 Å². The summed E-state index contributed by atoms with van der Waals surface area (Å²) in [5.41, 5.74) is 0.716. The van der Waals surface area contributed by atoms with Gasteiger partial charge in [0, 0.05) is 17.1 Å². The summed E-state index contributed by atoms with van der Waals surface area (Å²) in [4.78, 5) is 32.7. The molecular weight excluding hydrogens is 383 g/mol. The molecule has 2 rings (SSSR count). The summed E-state index contributed by atoms with van der Waals surface area (Å²) in [5.74, 6) is -7.89. The number of ether oxygens (including phenoxy) is 1. The molecule has 0 saturated heterocycles. The van der Waals surface area contributed by atoms with Crippen molar-refractivity contribution in [3.05, 3.63) is 35.8 Å². The molecule has 0 saturated carbocycles. The number of hydrogen-bond acceptors (Lipinski definition) is 4. The van der Waals surface area contributed by atoms with Crippen molar-refractivity contribution in [3.8, 4) is 0 Å².